The van der Waals surface area contributed by atoms with Crippen molar-refractivity contribution < 1.29 is 14.5 Å². The number of carboxylic acid groups (broad SMARTS) is 1. The molecular formula is C15H14ClNO3S. The number of nitrogens with two attached hydrogens (primary N) is 1. The lowest BCUT2D eigenvalue weighted by molar-refractivity contribution is 0.0696. The van der Waals surface area contributed by atoms with Crippen molar-refractivity contribution in [2.75, 3.05) is 5.73 Å². The lowest BCUT2D eigenvalue weighted by atomic mass is 10.2. The van der Waals surface area contributed by atoms with Crippen LogP contribution < -0.4 is 5.73 Å². The average molecular weight is 324 g/mol. The molecule has 4 nitrogen and oxygen atoms in total. The summed E-state index contributed by atoms with van der Waals surface area (Å²) in [5.41, 5.74) is 7.77. The predicted octanol–water partition coefficient (Wildman–Crippen LogP) is 3.24. The van der Waals surface area contributed by atoms with E-state index in [1.165, 1.54) is 12.1 Å². The van der Waals surface area contributed by atoms with Gasteiger partial charge in [-0.25, -0.2) is 4.79 Å². The summed E-state index contributed by atoms with van der Waals surface area (Å²) in [7, 11) is 0. The Bertz CT molecular complexity index is 673. The molecule has 2 aromatic carbocycles. The molecule has 0 saturated heterocycles. The number of halogens is 1. The lowest BCUT2D eigenvalue weighted by Gasteiger charge is -2.14. The normalized spacial score (nSPS) is 12.1. The number of aromatic carboxylic acids is 1. The van der Waals surface area contributed by atoms with E-state index in [0.717, 1.165) is 11.1 Å². The highest BCUT2D eigenvalue weighted by Crippen LogP contribution is 2.31. The Morgan fingerprint density at radius 1 is 1.33 bits per heavy atom. The summed E-state index contributed by atoms with van der Waals surface area (Å²) in [5, 5.41) is 9.17. The number of hydrogen-bond donors (Lipinski definition) is 2. The standard InChI is InChI=1S/C15H14ClNO3S/c1-9-2-4-10(5-3-9)8-21(20)13-7-11(15(18)19)6-12(17)14(13)16/h2-7H,8,17H2,1H3,(H,18,19). The summed E-state index contributed by atoms with van der Waals surface area (Å²) >= 11 is 4.58. The van der Waals surface area contributed by atoms with Crippen LogP contribution in [0.25, 0.3) is 0 Å². The van der Waals surface area contributed by atoms with Gasteiger partial charge in [0.15, 0.2) is 4.90 Å². The number of anilines is 1. The number of carbonyl (C=O) groups is 1. The number of nitrogen functional groups attached to an aromatic ring is 1. The maximum atomic E-state index is 12.4. The first-order valence-electron chi connectivity index (χ1n) is 6.14. The molecule has 1 unspecified atom stereocenters. The molecule has 21 heavy (non-hydrogen) atoms. The minimum Gasteiger partial charge on any atom is -0.611 e. The highest BCUT2D eigenvalue weighted by atomic mass is 35.5. The third-order valence-corrected chi connectivity index (χ3v) is 4.92. The molecule has 6 heteroatoms. The van der Waals surface area contributed by atoms with Crippen LogP contribution in [0.4, 0.5) is 5.69 Å². The van der Waals surface area contributed by atoms with Crippen LogP contribution in [0.1, 0.15) is 21.5 Å². The van der Waals surface area contributed by atoms with Gasteiger partial charge in [-0.2, -0.15) is 0 Å². The van der Waals surface area contributed by atoms with Gasteiger partial charge < -0.3 is 15.4 Å². The molecule has 2 aromatic rings. The summed E-state index contributed by atoms with van der Waals surface area (Å²) < 4.78 is 12.4. The van der Waals surface area contributed by atoms with Crippen molar-refractivity contribution in [2.45, 2.75) is 17.6 Å². The fraction of sp³-hybridized carbons (Fsp3) is 0.133. The summed E-state index contributed by atoms with van der Waals surface area (Å²) in [4.78, 5) is 11.3. The Kier molecular flexibility index (Phi) is 4.77. The van der Waals surface area contributed by atoms with Crippen LogP contribution in [0.5, 0.6) is 0 Å². The van der Waals surface area contributed by atoms with E-state index in [4.69, 9.17) is 22.4 Å². The molecule has 0 aliphatic heterocycles. The van der Waals surface area contributed by atoms with E-state index in [-0.39, 0.29) is 26.9 Å². The molecule has 0 amide bonds. The van der Waals surface area contributed by atoms with Crippen LogP contribution >= 0.6 is 11.6 Å². The van der Waals surface area contributed by atoms with Gasteiger partial charge in [0.1, 0.15) is 10.8 Å². The van der Waals surface area contributed by atoms with Gasteiger partial charge in [-0.1, -0.05) is 41.4 Å². The Morgan fingerprint density at radius 2 is 1.95 bits per heavy atom. The van der Waals surface area contributed by atoms with Gasteiger partial charge in [0.25, 0.3) is 0 Å². The Morgan fingerprint density at radius 3 is 2.52 bits per heavy atom. The first-order valence-corrected chi connectivity index (χ1v) is 7.84. The molecule has 0 saturated carbocycles. The molecule has 0 spiro atoms. The zero-order valence-electron chi connectivity index (χ0n) is 11.3. The van der Waals surface area contributed by atoms with Crippen LogP contribution in [0.15, 0.2) is 41.3 Å². The van der Waals surface area contributed by atoms with Crippen molar-refractivity contribution in [3.63, 3.8) is 0 Å². The van der Waals surface area contributed by atoms with Crippen molar-refractivity contribution in [1.82, 2.24) is 0 Å². The molecule has 1 atom stereocenters. The summed E-state index contributed by atoms with van der Waals surface area (Å²) in [5.74, 6) is -0.880. The average Bonchev–Trinajstić information content (AvgIpc) is 2.43. The third-order valence-electron chi connectivity index (χ3n) is 2.98. The van der Waals surface area contributed by atoms with Crippen LogP contribution in [0.3, 0.4) is 0 Å². The summed E-state index contributed by atoms with van der Waals surface area (Å²) in [6.45, 7) is 1.97. The Labute approximate surface area is 130 Å². The monoisotopic (exact) mass is 323 g/mol. The second kappa shape index (κ2) is 6.39. The third kappa shape index (κ3) is 3.69. The van der Waals surface area contributed by atoms with E-state index in [1.54, 1.807) is 0 Å². The molecule has 0 aliphatic carbocycles. The zero-order chi connectivity index (χ0) is 15.6. The van der Waals surface area contributed by atoms with Crippen LogP contribution in [-0.4, -0.2) is 15.6 Å². The quantitative estimate of drug-likeness (QED) is 0.668. The van der Waals surface area contributed by atoms with Crippen LogP contribution in [0.2, 0.25) is 5.02 Å². The Balaban J connectivity index is 2.31. The predicted molar refractivity (Wildman–Crippen MR) is 84.1 cm³/mol. The summed E-state index contributed by atoms with van der Waals surface area (Å²) in [6, 6.07) is 10.2. The van der Waals surface area contributed by atoms with E-state index >= 15 is 0 Å². The van der Waals surface area contributed by atoms with E-state index in [1.807, 2.05) is 31.2 Å². The SMILES string of the molecule is Cc1ccc(C[S+]([O-])c2cc(C(=O)O)cc(N)c2Cl)cc1. The minimum atomic E-state index is -1.46. The topological polar surface area (TPSA) is 86.4 Å². The number of benzene rings is 2. The number of aryl methyl sites for hydroxylation is 1. The Hall–Kier alpha value is -1.69. The molecule has 110 valence electrons. The molecule has 0 fully saturated rings. The maximum Gasteiger partial charge on any atom is 0.335 e. The highest BCUT2D eigenvalue weighted by molar-refractivity contribution is 7.90. The van der Waals surface area contributed by atoms with Crippen LogP contribution in [0, 0.1) is 6.92 Å². The van der Waals surface area contributed by atoms with Gasteiger partial charge in [0, 0.05) is 11.6 Å². The van der Waals surface area contributed by atoms with E-state index in [9.17, 15) is 9.35 Å². The van der Waals surface area contributed by atoms with Gasteiger partial charge in [-0.3, -0.25) is 0 Å². The smallest absolute Gasteiger partial charge is 0.335 e. The fourth-order valence-corrected chi connectivity index (χ4v) is 3.42. The van der Waals surface area contributed by atoms with Crippen molar-refractivity contribution in [2.24, 2.45) is 0 Å². The largest absolute Gasteiger partial charge is 0.611 e. The number of carboxylic acids is 1. The molecular weight excluding hydrogens is 310 g/mol. The number of rotatable bonds is 4. The fourth-order valence-electron chi connectivity index (χ4n) is 1.82. The highest BCUT2D eigenvalue weighted by Gasteiger charge is 2.21. The van der Waals surface area contributed by atoms with Crippen molar-refractivity contribution in [3.05, 3.63) is 58.1 Å². The summed E-state index contributed by atoms with van der Waals surface area (Å²) in [6.07, 6.45) is 0. The van der Waals surface area contributed by atoms with E-state index < -0.39 is 17.1 Å². The molecule has 0 heterocycles. The van der Waals surface area contributed by atoms with Crippen LogP contribution in [-0.2, 0) is 16.9 Å². The molecule has 0 bridgehead atoms. The van der Waals surface area contributed by atoms with Gasteiger partial charge in [0.05, 0.1) is 11.3 Å². The van der Waals surface area contributed by atoms with Gasteiger partial charge in [-0.15, -0.1) is 0 Å². The van der Waals surface area contributed by atoms with Crippen molar-refractivity contribution in [3.8, 4) is 0 Å². The lowest BCUT2D eigenvalue weighted by Crippen LogP contribution is -2.09. The van der Waals surface area contributed by atoms with E-state index in [2.05, 4.69) is 0 Å². The van der Waals surface area contributed by atoms with Crippen molar-refractivity contribution >= 4 is 34.4 Å². The molecule has 3 N–H and O–H groups in total. The molecule has 0 radical (unpaired) electrons. The molecule has 2 rings (SSSR count). The van der Waals surface area contributed by atoms with Crippen molar-refractivity contribution in [1.29, 1.82) is 0 Å². The van der Waals surface area contributed by atoms with Gasteiger partial charge in [0.2, 0.25) is 0 Å². The maximum absolute atomic E-state index is 12.4. The second-order valence-electron chi connectivity index (χ2n) is 4.66. The first kappa shape index (κ1) is 15.7. The van der Waals surface area contributed by atoms with Gasteiger partial charge >= 0.3 is 5.97 Å². The van der Waals surface area contributed by atoms with E-state index in [0.29, 0.717) is 0 Å². The molecule has 0 aromatic heterocycles. The number of hydrogen-bond acceptors (Lipinski definition) is 3. The molecule has 0 aliphatic rings. The first-order chi connectivity index (χ1) is 9.88. The zero-order valence-corrected chi connectivity index (χ0v) is 12.9. The minimum absolute atomic E-state index is 0.0239. The van der Waals surface area contributed by atoms with Gasteiger partial charge in [-0.05, 0) is 24.2 Å². The second-order valence-corrected chi connectivity index (χ2v) is 6.46.